The first-order valence-corrected chi connectivity index (χ1v) is 5.96. The molecule has 1 saturated heterocycles. The lowest BCUT2D eigenvalue weighted by Gasteiger charge is -2.22. The van der Waals surface area contributed by atoms with Crippen molar-refractivity contribution in [3.8, 4) is 0 Å². The van der Waals surface area contributed by atoms with Crippen LogP contribution in [0.1, 0.15) is 40.0 Å². The molecule has 1 aliphatic heterocycles. The Morgan fingerprint density at radius 2 is 2.25 bits per heavy atom. The van der Waals surface area contributed by atoms with Crippen LogP contribution in [0.15, 0.2) is 0 Å². The van der Waals surface area contributed by atoms with Crippen molar-refractivity contribution in [2.24, 2.45) is 5.41 Å². The highest BCUT2D eigenvalue weighted by atomic mass is 16.5. The maximum atomic E-state index is 11.6. The van der Waals surface area contributed by atoms with Gasteiger partial charge in [0, 0.05) is 13.2 Å². The molecular formula is C12H23NO3. The third-order valence-electron chi connectivity index (χ3n) is 2.58. The van der Waals surface area contributed by atoms with Crippen molar-refractivity contribution in [2.45, 2.75) is 52.2 Å². The summed E-state index contributed by atoms with van der Waals surface area (Å²) in [5.41, 5.74) is 0.0774. The average Bonchev–Trinajstić information content (AvgIpc) is 2.64. The smallest absolute Gasteiger partial charge is 0.249 e. The summed E-state index contributed by atoms with van der Waals surface area (Å²) in [5, 5.41) is 12.5. The summed E-state index contributed by atoms with van der Waals surface area (Å²) in [4.78, 5) is 11.6. The van der Waals surface area contributed by atoms with Gasteiger partial charge in [0.25, 0.3) is 0 Å². The van der Waals surface area contributed by atoms with Crippen molar-refractivity contribution in [3.63, 3.8) is 0 Å². The largest absolute Gasteiger partial charge is 0.391 e. The monoisotopic (exact) mass is 229 g/mol. The Bertz CT molecular complexity index is 229. The molecule has 1 fully saturated rings. The second-order valence-electron chi connectivity index (χ2n) is 5.67. The van der Waals surface area contributed by atoms with E-state index in [1.54, 1.807) is 0 Å². The molecule has 4 nitrogen and oxygen atoms in total. The van der Waals surface area contributed by atoms with E-state index in [1.165, 1.54) is 0 Å². The summed E-state index contributed by atoms with van der Waals surface area (Å²) in [7, 11) is 0. The molecular weight excluding hydrogens is 206 g/mol. The number of ether oxygens (including phenoxy) is 1. The Labute approximate surface area is 97.4 Å². The second-order valence-corrected chi connectivity index (χ2v) is 5.67. The van der Waals surface area contributed by atoms with Crippen LogP contribution < -0.4 is 5.32 Å². The van der Waals surface area contributed by atoms with Crippen LogP contribution in [0.5, 0.6) is 0 Å². The fourth-order valence-corrected chi connectivity index (χ4v) is 1.90. The molecule has 16 heavy (non-hydrogen) atoms. The summed E-state index contributed by atoms with van der Waals surface area (Å²) in [6.07, 6.45) is 1.63. The van der Waals surface area contributed by atoms with Gasteiger partial charge in [0.2, 0.25) is 5.91 Å². The number of aliphatic hydroxyl groups excluding tert-OH is 1. The topological polar surface area (TPSA) is 58.6 Å². The summed E-state index contributed by atoms with van der Waals surface area (Å²) >= 11 is 0. The molecule has 0 saturated carbocycles. The van der Waals surface area contributed by atoms with Gasteiger partial charge in [-0.15, -0.1) is 0 Å². The summed E-state index contributed by atoms with van der Waals surface area (Å²) in [6.45, 7) is 7.19. The van der Waals surface area contributed by atoms with Gasteiger partial charge in [-0.05, 0) is 24.7 Å². The van der Waals surface area contributed by atoms with E-state index in [2.05, 4.69) is 26.1 Å². The minimum absolute atomic E-state index is 0.0774. The SMILES string of the molecule is CC(C)(C)CC(O)CNC(=O)[C@@H]1CCCO1. The molecule has 0 aromatic carbocycles. The maximum absolute atomic E-state index is 11.6. The van der Waals surface area contributed by atoms with Crippen molar-refractivity contribution in [1.29, 1.82) is 0 Å². The minimum atomic E-state index is -0.481. The van der Waals surface area contributed by atoms with Crippen LogP contribution in [0.25, 0.3) is 0 Å². The number of amides is 1. The number of carbonyl (C=O) groups excluding carboxylic acids is 1. The van der Waals surface area contributed by atoms with Crippen LogP contribution in [0.2, 0.25) is 0 Å². The van der Waals surface area contributed by atoms with Crippen LogP contribution in [-0.4, -0.2) is 36.4 Å². The molecule has 4 heteroatoms. The highest BCUT2D eigenvalue weighted by Gasteiger charge is 2.24. The molecule has 0 aliphatic carbocycles. The zero-order valence-corrected chi connectivity index (χ0v) is 10.5. The first kappa shape index (κ1) is 13.5. The van der Waals surface area contributed by atoms with Crippen LogP contribution in [-0.2, 0) is 9.53 Å². The van der Waals surface area contributed by atoms with Gasteiger partial charge in [-0.2, -0.15) is 0 Å². The molecule has 0 aromatic rings. The molecule has 0 aromatic heterocycles. The molecule has 0 radical (unpaired) electrons. The lowest BCUT2D eigenvalue weighted by molar-refractivity contribution is -0.130. The normalized spacial score (nSPS) is 23.1. The third-order valence-corrected chi connectivity index (χ3v) is 2.58. The lowest BCUT2D eigenvalue weighted by Crippen LogP contribution is -2.39. The Morgan fingerprint density at radius 3 is 2.75 bits per heavy atom. The molecule has 94 valence electrons. The van der Waals surface area contributed by atoms with E-state index < -0.39 is 6.10 Å². The summed E-state index contributed by atoms with van der Waals surface area (Å²) in [5.74, 6) is -0.0922. The molecule has 0 bridgehead atoms. The van der Waals surface area contributed by atoms with Crippen molar-refractivity contribution < 1.29 is 14.6 Å². The maximum Gasteiger partial charge on any atom is 0.249 e. The summed E-state index contributed by atoms with van der Waals surface area (Å²) in [6, 6.07) is 0. The lowest BCUT2D eigenvalue weighted by atomic mass is 9.89. The quantitative estimate of drug-likeness (QED) is 0.758. The highest BCUT2D eigenvalue weighted by Crippen LogP contribution is 2.20. The van der Waals surface area contributed by atoms with Crippen LogP contribution in [0.4, 0.5) is 0 Å². The van der Waals surface area contributed by atoms with Crippen LogP contribution in [0.3, 0.4) is 0 Å². The fraction of sp³-hybridized carbons (Fsp3) is 0.917. The van der Waals surface area contributed by atoms with Crippen molar-refractivity contribution >= 4 is 5.91 Å². The van der Waals surface area contributed by atoms with Crippen molar-refractivity contribution in [2.75, 3.05) is 13.2 Å². The first-order chi connectivity index (χ1) is 7.38. The Balaban J connectivity index is 2.20. The number of rotatable bonds is 4. The van der Waals surface area contributed by atoms with Gasteiger partial charge < -0.3 is 15.2 Å². The first-order valence-electron chi connectivity index (χ1n) is 5.96. The zero-order valence-electron chi connectivity index (χ0n) is 10.5. The molecule has 1 amide bonds. The Morgan fingerprint density at radius 1 is 1.56 bits per heavy atom. The van der Waals surface area contributed by atoms with E-state index in [0.29, 0.717) is 19.6 Å². The van der Waals surface area contributed by atoms with Crippen LogP contribution >= 0.6 is 0 Å². The predicted molar refractivity (Wildman–Crippen MR) is 62.1 cm³/mol. The molecule has 2 N–H and O–H groups in total. The average molecular weight is 229 g/mol. The second kappa shape index (κ2) is 5.64. The number of carbonyl (C=O) groups is 1. The number of aliphatic hydroxyl groups is 1. The summed E-state index contributed by atoms with van der Waals surface area (Å²) < 4.78 is 5.25. The number of hydrogen-bond donors (Lipinski definition) is 2. The van der Waals surface area contributed by atoms with Gasteiger partial charge in [0.1, 0.15) is 6.10 Å². The van der Waals surface area contributed by atoms with E-state index in [9.17, 15) is 9.90 Å². The number of hydrogen-bond acceptors (Lipinski definition) is 3. The van der Waals surface area contributed by atoms with Gasteiger partial charge in [-0.1, -0.05) is 20.8 Å². The standard InChI is InChI=1S/C12H23NO3/c1-12(2,3)7-9(14)8-13-11(15)10-5-4-6-16-10/h9-10,14H,4-8H2,1-3H3,(H,13,15)/t9?,10-/m0/s1. The van der Waals surface area contributed by atoms with E-state index >= 15 is 0 Å². The Hall–Kier alpha value is -0.610. The van der Waals surface area contributed by atoms with Crippen molar-refractivity contribution in [3.05, 3.63) is 0 Å². The fourth-order valence-electron chi connectivity index (χ4n) is 1.90. The molecule has 0 spiro atoms. The zero-order chi connectivity index (χ0) is 12.2. The predicted octanol–water partition coefficient (Wildman–Crippen LogP) is 1.08. The number of nitrogens with one attached hydrogen (secondary N) is 1. The van der Waals surface area contributed by atoms with Crippen LogP contribution in [0, 0.1) is 5.41 Å². The molecule has 1 heterocycles. The van der Waals surface area contributed by atoms with Crippen molar-refractivity contribution in [1.82, 2.24) is 5.32 Å². The van der Waals surface area contributed by atoms with Gasteiger partial charge in [0.15, 0.2) is 0 Å². The van der Waals surface area contributed by atoms with E-state index in [1.807, 2.05) is 0 Å². The van der Waals surface area contributed by atoms with Gasteiger partial charge in [-0.25, -0.2) is 0 Å². The molecule has 2 atom stereocenters. The van der Waals surface area contributed by atoms with Gasteiger partial charge in [-0.3, -0.25) is 4.79 Å². The highest BCUT2D eigenvalue weighted by molar-refractivity contribution is 5.80. The third kappa shape index (κ3) is 4.94. The van der Waals surface area contributed by atoms with E-state index in [0.717, 1.165) is 12.8 Å². The Kier molecular flexibility index (Phi) is 4.74. The molecule has 1 rings (SSSR count). The minimum Gasteiger partial charge on any atom is -0.391 e. The van der Waals surface area contributed by atoms with E-state index in [4.69, 9.17) is 4.74 Å². The molecule has 1 unspecified atom stereocenters. The molecule has 1 aliphatic rings. The van der Waals surface area contributed by atoms with Gasteiger partial charge in [0.05, 0.1) is 6.10 Å². The van der Waals surface area contributed by atoms with Gasteiger partial charge >= 0.3 is 0 Å². The van der Waals surface area contributed by atoms with E-state index in [-0.39, 0.29) is 17.4 Å².